The highest BCUT2D eigenvalue weighted by molar-refractivity contribution is 9.10. The van der Waals surface area contributed by atoms with Crippen LogP contribution in [0, 0.1) is 17.8 Å². The van der Waals surface area contributed by atoms with Gasteiger partial charge in [0.25, 0.3) is 0 Å². The van der Waals surface area contributed by atoms with E-state index in [2.05, 4.69) is 59.5 Å². The summed E-state index contributed by atoms with van der Waals surface area (Å²) in [5, 5.41) is 3.37. The highest BCUT2D eigenvalue weighted by Crippen LogP contribution is 2.36. The first-order chi connectivity index (χ1) is 8.70. The van der Waals surface area contributed by atoms with Crippen LogP contribution in [0.4, 0.5) is 0 Å². The molecule has 1 N–H and O–H groups in total. The van der Waals surface area contributed by atoms with Crippen molar-refractivity contribution in [1.29, 1.82) is 0 Å². The Balaban J connectivity index is 2.06. The van der Waals surface area contributed by atoms with Crippen LogP contribution >= 0.6 is 15.9 Å². The summed E-state index contributed by atoms with van der Waals surface area (Å²) in [7, 11) is 2.08. The van der Waals surface area contributed by atoms with Crippen LogP contribution < -0.4 is 5.32 Å². The Hall–Kier alpha value is -0.340. The Labute approximate surface area is 119 Å². The molecule has 18 heavy (non-hydrogen) atoms. The van der Waals surface area contributed by atoms with Gasteiger partial charge in [0.05, 0.1) is 0 Å². The first kappa shape index (κ1) is 14.1. The third kappa shape index (κ3) is 3.58. The van der Waals surface area contributed by atoms with Crippen molar-refractivity contribution >= 4 is 15.9 Å². The number of nitrogens with one attached hydrogen (secondary N) is 1. The predicted molar refractivity (Wildman–Crippen MR) is 81.8 cm³/mol. The standard InChI is InChI=1S/C16H24BrN/c1-12-7-8-14(11-18-2)15(9-12)10-13-5-3-4-6-16(13)17/h3-6,12,14-15,18H,7-11H2,1-2H3. The fraction of sp³-hybridized carbons (Fsp3) is 0.625. The molecule has 3 atom stereocenters. The van der Waals surface area contributed by atoms with Crippen molar-refractivity contribution in [2.24, 2.45) is 17.8 Å². The van der Waals surface area contributed by atoms with Crippen molar-refractivity contribution in [1.82, 2.24) is 5.32 Å². The molecule has 100 valence electrons. The summed E-state index contributed by atoms with van der Waals surface area (Å²) >= 11 is 3.68. The summed E-state index contributed by atoms with van der Waals surface area (Å²) in [6.07, 6.45) is 5.39. The van der Waals surface area contributed by atoms with Gasteiger partial charge in [-0.15, -0.1) is 0 Å². The van der Waals surface area contributed by atoms with E-state index in [4.69, 9.17) is 0 Å². The highest BCUT2D eigenvalue weighted by Gasteiger charge is 2.28. The van der Waals surface area contributed by atoms with E-state index in [1.807, 2.05) is 0 Å². The van der Waals surface area contributed by atoms with E-state index in [9.17, 15) is 0 Å². The molecular formula is C16H24BrN. The topological polar surface area (TPSA) is 12.0 Å². The third-order valence-corrected chi connectivity index (χ3v) is 5.08. The zero-order valence-corrected chi connectivity index (χ0v) is 13.0. The van der Waals surface area contributed by atoms with Crippen LogP contribution in [-0.4, -0.2) is 13.6 Å². The SMILES string of the molecule is CNCC1CCC(C)CC1Cc1ccccc1Br. The second-order valence-corrected chi connectivity index (χ2v) is 6.65. The fourth-order valence-electron chi connectivity index (χ4n) is 3.29. The predicted octanol–water partition coefficient (Wildman–Crippen LogP) is 4.26. The first-order valence-corrected chi connectivity index (χ1v) is 7.88. The lowest BCUT2D eigenvalue weighted by atomic mass is 9.72. The molecule has 0 spiro atoms. The largest absolute Gasteiger partial charge is 0.319 e. The van der Waals surface area contributed by atoms with Gasteiger partial charge in [0.2, 0.25) is 0 Å². The van der Waals surface area contributed by atoms with Crippen LogP contribution in [0.1, 0.15) is 31.7 Å². The minimum Gasteiger partial charge on any atom is -0.319 e. The Morgan fingerprint density at radius 1 is 1.22 bits per heavy atom. The molecule has 1 saturated carbocycles. The van der Waals surface area contributed by atoms with Gasteiger partial charge in [-0.05, 0) is 62.2 Å². The van der Waals surface area contributed by atoms with Crippen LogP contribution in [0.2, 0.25) is 0 Å². The Morgan fingerprint density at radius 3 is 2.72 bits per heavy atom. The molecule has 1 aliphatic rings. The maximum absolute atomic E-state index is 3.68. The van der Waals surface area contributed by atoms with E-state index >= 15 is 0 Å². The molecule has 0 aliphatic heterocycles. The molecule has 1 aromatic rings. The van der Waals surface area contributed by atoms with Crippen molar-refractivity contribution < 1.29 is 0 Å². The summed E-state index contributed by atoms with van der Waals surface area (Å²) in [5.74, 6) is 2.57. The zero-order chi connectivity index (χ0) is 13.0. The minimum atomic E-state index is 0.833. The number of rotatable bonds is 4. The van der Waals surface area contributed by atoms with Crippen molar-refractivity contribution in [3.63, 3.8) is 0 Å². The summed E-state index contributed by atoms with van der Waals surface area (Å²) in [6, 6.07) is 8.68. The highest BCUT2D eigenvalue weighted by atomic mass is 79.9. The molecule has 2 heteroatoms. The van der Waals surface area contributed by atoms with Crippen molar-refractivity contribution in [2.75, 3.05) is 13.6 Å². The summed E-state index contributed by atoms with van der Waals surface area (Å²) in [4.78, 5) is 0. The molecule has 1 aliphatic carbocycles. The van der Waals surface area contributed by atoms with Crippen LogP contribution in [0.25, 0.3) is 0 Å². The number of hydrogen-bond donors (Lipinski definition) is 1. The van der Waals surface area contributed by atoms with E-state index in [0.29, 0.717) is 0 Å². The molecule has 0 amide bonds. The lowest BCUT2D eigenvalue weighted by Gasteiger charge is -2.35. The van der Waals surface area contributed by atoms with Crippen LogP contribution in [0.5, 0.6) is 0 Å². The van der Waals surface area contributed by atoms with Gasteiger partial charge >= 0.3 is 0 Å². The Kier molecular flexibility index (Phi) is 5.25. The molecule has 0 aromatic heterocycles. The van der Waals surface area contributed by atoms with Gasteiger partial charge < -0.3 is 5.32 Å². The quantitative estimate of drug-likeness (QED) is 0.876. The van der Waals surface area contributed by atoms with Crippen molar-refractivity contribution in [2.45, 2.75) is 32.6 Å². The summed E-state index contributed by atoms with van der Waals surface area (Å²) in [5.41, 5.74) is 1.47. The van der Waals surface area contributed by atoms with E-state index in [1.54, 1.807) is 0 Å². The van der Waals surface area contributed by atoms with Crippen molar-refractivity contribution in [3.8, 4) is 0 Å². The molecule has 0 bridgehead atoms. The molecule has 1 aromatic carbocycles. The van der Waals surface area contributed by atoms with Gasteiger partial charge in [-0.2, -0.15) is 0 Å². The number of benzene rings is 1. The monoisotopic (exact) mass is 309 g/mol. The molecule has 0 heterocycles. The smallest absolute Gasteiger partial charge is 0.0207 e. The van der Waals surface area contributed by atoms with E-state index in [0.717, 1.165) is 17.8 Å². The molecular weight excluding hydrogens is 286 g/mol. The molecule has 0 radical (unpaired) electrons. The third-order valence-electron chi connectivity index (χ3n) is 4.31. The van der Waals surface area contributed by atoms with Crippen LogP contribution in [0.3, 0.4) is 0 Å². The second kappa shape index (κ2) is 6.72. The molecule has 1 fully saturated rings. The van der Waals surface area contributed by atoms with Crippen molar-refractivity contribution in [3.05, 3.63) is 34.3 Å². The van der Waals surface area contributed by atoms with Gasteiger partial charge in [-0.25, -0.2) is 0 Å². The second-order valence-electron chi connectivity index (χ2n) is 5.79. The Morgan fingerprint density at radius 2 is 2.00 bits per heavy atom. The van der Waals surface area contributed by atoms with E-state index in [-0.39, 0.29) is 0 Å². The maximum atomic E-state index is 3.68. The molecule has 1 nitrogen and oxygen atoms in total. The molecule has 2 rings (SSSR count). The first-order valence-electron chi connectivity index (χ1n) is 7.08. The van der Waals surface area contributed by atoms with Crippen LogP contribution in [-0.2, 0) is 6.42 Å². The average Bonchev–Trinajstić information content (AvgIpc) is 2.36. The lowest BCUT2D eigenvalue weighted by molar-refractivity contribution is 0.186. The van der Waals surface area contributed by atoms with Gasteiger partial charge in [-0.1, -0.05) is 47.5 Å². The number of halogens is 1. The van der Waals surface area contributed by atoms with Gasteiger partial charge in [0.1, 0.15) is 0 Å². The van der Waals surface area contributed by atoms with Gasteiger partial charge in [0, 0.05) is 4.47 Å². The fourth-order valence-corrected chi connectivity index (χ4v) is 3.74. The molecule has 0 saturated heterocycles. The molecule has 3 unspecified atom stereocenters. The summed E-state index contributed by atoms with van der Waals surface area (Å²) < 4.78 is 1.27. The zero-order valence-electron chi connectivity index (χ0n) is 11.5. The maximum Gasteiger partial charge on any atom is 0.0207 e. The average molecular weight is 310 g/mol. The normalized spacial score (nSPS) is 28.3. The summed E-state index contributed by atoms with van der Waals surface area (Å²) in [6.45, 7) is 3.57. The van der Waals surface area contributed by atoms with Gasteiger partial charge in [-0.3, -0.25) is 0 Å². The van der Waals surface area contributed by atoms with E-state index in [1.165, 1.54) is 42.3 Å². The van der Waals surface area contributed by atoms with E-state index < -0.39 is 0 Å². The minimum absolute atomic E-state index is 0.833. The lowest BCUT2D eigenvalue weighted by Crippen LogP contribution is -2.32. The Bertz CT molecular complexity index is 377. The van der Waals surface area contributed by atoms with Gasteiger partial charge in [0.15, 0.2) is 0 Å². The van der Waals surface area contributed by atoms with Crippen LogP contribution in [0.15, 0.2) is 28.7 Å². The number of hydrogen-bond acceptors (Lipinski definition) is 1.